The summed E-state index contributed by atoms with van der Waals surface area (Å²) in [5.74, 6) is 0.453. The number of rotatable bonds is 3. The zero-order valence-electron chi connectivity index (χ0n) is 9.99. The summed E-state index contributed by atoms with van der Waals surface area (Å²) in [7, 11) is 0. The molecule has 0 aromatic carbocycles. The standard InChI is InChI=1S/C12H16BrN3O2/c13-9-2-1-5-15-10(9)16-11(17)12(8-14)3-6-18-7-4-12/h1-2,5H,3-4,6-8,14H2,(H,15,16,17). The molecule has 0 aliphatic carbocycles. The van der Waals surface area contributed by atoms with Gasteiger partial charge in [-0.15, -0.1) is 0 Å². The number of nitrogens with two attached hydrogens (primary N) is 1. The summed E-state index contributed by atoms with van der Waals surface area (Å²) in [6.07, 6.45) is 2.94. The Kier molecular flexibility index (Phi) is 4.31. The van der Waals surface area contributed by atoms with Crippen molar-refractivity contribution in [2.24, 2.45) is 11.1 Å². The van der Waals surface area contributed by atoms with E-state index < -0.39 is 5.41 Å². The minimum absolute atomic E-state index is 0.0762. The Morgan fingerprint density at radius 2 is 2.28 bits per heavy atom. The van der Waals surface area contributed by atoms with Crippen LogP contribution in [0.5, 0.6) is 0 Å². The molecule has 1 aromatic heterocycles. The van der Waals surface area contributed by atoms with Crippen molar-refractivity contribution in [2.75, 3.05) is 25.1 Å². The van der Waals surface area contributed by atoms with Crippen molar-refractivity contribution in [1.29, 1.82) is 0 Å². The predicted octanol–water partition coefficient (Wildman–Crippen LogP) is 1.54. The molecule has 0 atom stereocenters. The second-order valence-corrected chi connectivity index (χ2v) is 5.24. The summed E-state index contributed by atoms with van der Waals surface area (Å²) in [6.45, 7) is 1.48. The minimum atomic E-state index is -0.533. The maximum Gasteiger partial charge on any atom is 0.233 e. The lowest BCUT2D eigenvalue weighted by atomic mass is 9.79. The fraction of sp³-hybridized carbons (Fsp3) is 0.500. The Balaban J connectivity index is 2.13. The molecule has 5 nitrogen and oxygen atoms in total. The zero-order valence-corrected chi connectivity index (χ0v) is 11.6. The van der Waals surface area contributed by atoms with Crippen molar-refractivity contribution in [2.45, 2.75) is 12.8 Å². The fourth-order valence-corrected chi connectivity index (χ4v) is 2.36. The van der Waals surface area contributed by atoms with E-state index in [1.165, 1.54) is 0 Å². The van der Waals surface area contributed by atoms with Crippen LogP contribution in [0.3, 0.4) is 0 Å². The number of halogens is 1. The molecule has 98 valence electrons. The lowest BCUT2D eigenvalue weighted by Gasteiger charge is -2.34. The largest absolute Gasteiger partial charge is 0.381 e. The number of nitrogens with one attached hydrogen (secondary N) is 1. The van der Waals surface area contributed by atoms with E-state index in [4.69, 9.17) is 10.5 Å². The van der Waals surface area contributed by atoms with Gasteiger partial charge in [0.25, 0.3) is 0 Å². The first-order chi connectivity index (χ1) is 8.68. The molecule has 1 aliphatic heterocycles. The van der Waals surface area contributed by atoms with Gasteiger partial charge in [0, 0.05) is 26.0 Å². The van der Waals surface area contributed by atoms with Crippen molar-refractivity contribution in [1.82, 2.24) is 4.98 Å². The molecule has 0 bridgehead atoms. The fourth-order valence-electron chi connectivity index (χ4n) is 2.00. The van der Waals surface area contributed by atoms with Crippen LogP contribution in [-0.4, -0.2) is 30.6 Å². The Hall–Kier alpha value is -0.980. The maximum atomic E-state index is 12.4. The van der Waals surface area contributed by atoms with Crippen LogP contribution in [0.2, 0.25) is 0 Å². The summed E-state index contributed by atoms with van der Waals surface area (Å²) < 4.78 is 6.05. The highest BCUT2D eigenvalue weighted by atomic mass is 79.9. The molecule has 18 heavy (non-hydrogen) atoms. The van der Waals surface area contributed by atoms with Gasteiger partial charge in [-0.05, 0) is 40.9 Å². The molecule has 3 N–H and O–H groups in total. The second kappa shape index (κ2) is 5.77. The van der Waals surface area contributed by atoms with E-state index in [-0.39, 0.29) is 5.91 Å². The zero-order chi connectivity index (χ0) is 13.0. The van der Waals surface area contributed by atoms with Crippen molar-refractivity contribution in [3.05, 3.63) is 22.8 Å². The van der Waals surface area contributed by atoms with E-state index in [1.54, 1.807) is 12.3 Å². The molecule has 1 aliphatic rings. The Morgan fingerprint density at radius 3 is 2.89 bits per heavy atom. The van der Waals surface area contributed by atoms with Crippen LogP contribution in [0.25, 0.3) is 0 Å². The summed E-state index contributed by atoms with van der Waals surface area (Å²) >= 11 is 3.36. The van der Waals surface area contributed by atoms with Crippen molar-refractivity contribution in [3.63, 3.8) is 0 Å². The van der Waals surface area contributed by atoms with Gasteiger partial charge in [-0.2, -0.15) is 0 Å². The molecular weight excluding hydrogens is 298 g/mol. The molecule has 2 rings (SSSR count). The van der Waals surface area contributed by atoms with Crippen LogP contribution in [0.1, 0.15) is 12.8 Å². The normalized spacial score (nSPS) is 18.3. The first-order valence-electron chi connectivity index (χ1n) is 5.88. The maximum absolute atomic E-state index is 12.4. The number of hydrogen-bond acceptors (Lipinski definition) is 4. The second-order valence-electron chi connectivity index (χ2n) is 4.38. The smallest absolute Gasteiger partial charge is 0.233 e. The van der Waals surface area contributed by atoms with Gasteiger partial charge >= 0.3 is 0 Å². The van der Waals surface area contributed by atoms with Crippen LogP contribution in [0.4, 0.5) is 5.82 Å². The average molecular weight is 314 g/mol. The summed E-state index contributed by atoms with van der Waals surface area (Å²) in [4.78, 5) is 16.5. The Morgan fingerprint density at radius 1 is 1.56 bits per heavy atom. The number of anilines is 1. The van der Waals surface area contributed by atoms with Crippen LogP contribution in [0.15, 0.2) is 22.8 Å². The third-order valence-electron chi connectivity index (χ3n) is 3.31. The monoisotopic (exact) mass is 313 g/mol. The highest BCUT2D eigenvalue weighted by Crippen LogP contribution is 2.31. The van der Waals surface area contributed by atoms with Crippen LogP contribution in [0, 0.1) is 5.41 Å². The van der Waals surface area contributed by atoms with E-state index >= 15 is 0 Å². The van der Waals surface area contributed by atoms with Crippen LogP contribution in [-0.2, 0) is 9.53 Å². The molecule has 1 saturated heterocycles. The third kappa shape index (κ3) is 2.71. The molecule has 0 spiro atoms. The summed E-state index contributed by atoms with van der Waals surface area (Å²) in [5.41, 5.74) is 5.25. The van der Waals surface area contributed by atoms with Gasteiger partial charge < -0.3 is 15.8 Å². The van der Waals surface area contributed by atoms with E-state index in [1.807, 2.05) is 6.07 Å². The summed E-state index contributed by atoms with van der Waals surface area (Å²) in [5, 5.41) is 2.84. The molecule has 1 fully saturated rings. The number of ether oxygens (including phenoxy) is 1. The number of carbonyl (C=O) groups excluding carboxylic acids is 1. The van der Waals surface area contributed by atoms with Crippen molar-refractivity contribution < 1.29 is 9.53 Å². The van der Waals surface area contributed by atoms with E-state index in [2.05, 4.69) is 26.2 Å². The highest BCUT2D eigenvalue weighted by molar-refractivity contribution is 9.10. The third-order valence-corrected chi connectivity index (χ3v) is 3.95. The lowest BCUT2D eigenvalue weighted by Crippen LogP contribution is -2.46. The van der Waals surface area contributed by atoms with Gasteiger partial charge in [0.15, 0.2) is 0 Å². The molecule has 1 aromatic rings. The highest BCUT2D eigenvalue weighted by Gasteiger charge is 2.39. The summed E-state index contributed by atoms with van der Waals surface area (Å²) in [6, 6.07) is 3.63. The minimum Gasteiger partial charge on any atom is -0.381 e. The van der Waals surface area contributed by atoms with Gasteiger partial charge in [0.2, 0.25) is 5.91 Å². The van der Waals surface area contributed by atoms with Gasteiger partial charge in [-0.3, -0.25) is 4.79 Å². The van der Waals surface area contributed by atoms with Gasteiger partial charge in [-0.25, -0.2) is 4.98 Å². The Labute approximate surface area is 114 Å². The molecule has 2 heterocycles. The molecule has 1 amide bonds. The molecular formula is C12H16BrN3O2. The first kappa shape index (κ1) is 13.5. The van der Waals surface area contributed by atoms with Crippen molar-refractivity contribution >= 4 is 27.7 Å². The first-order valence-corrected chi connectivity index (χ1v) is 6.67. The van der Waals surface area contributed by atoms with Crippen LogP contribution >= 0.6 is 15.9 Å². The van der Waals surface area contributed by atoms with Gasteiger partial charge in [0.1, 0.15) is 5.82 Å². The topological polar surface area (TPSA) is 77.2 Å². The number of aromatic nitrogens is 1. The molecule has 0 saturated carbocycles. The lowest BCUT2D eigenvalue weighted by molar-refractivity contribution is -0.130. The number of pyridine rings is 1. The average Bonchev–Trinajstić information content (AvgIpc) is 2.42. The molecule has 0 unspecified atom stereocenters. The van der Waals surface area contributed by atoms with E-state index in [0.29, 0.717) is 38.4 Å². The predicted molar refractivity (Wildman–Crippen MR) is 72.1 cm³/mol. The SMILES string of the molecule is NCC1(C(=O)Nc2ncccc2Br)CCOCC1. The van der Waals surface area contributed by atoms with Crippen LogP contribution < -0.4 is 11.1 Å². The van der Waals surface area contributed by atoms with E-state index in [0.717, 1.165) is 4.47 Å². The van der Waals surface area contributed by atoms with E-state index in [9.17, 15) is 4.79 Å². The number of hydrogen-bond donors (Lipinski definition) is 2. The molecule has 0 radical (unpaired) electrons. The number of nitrogens with zero attached hydrogens (tertiary/aromatic N) is 1. The number of carbonyl (C=O) groups is 1. The Bertz CT molecular complexity index is 433. The molecule has 6 heteroatoms. The quantitative estimate of drug-likeness (QED) is 0.887. The van der Waals surface area contributed by atoms with Gasteiger partial charge in [0.05, 0.1) is 9.89 Å². The van der Waals surface area contributed by atoms with Gasteiger partial charge in [-0.1, -0.05) is 0 Å². The van der Waals surface area contributed by atoms with Crippen molar-refractivity contribution in [3.8, 4) is 0 Å². The number of amides is 1.